The predicted octanol–water partition coefficient (Wildman–Crippen LogP) is 1.63. The van der Waals surface area contributed by atoms with Gasteiger partial charge in [-0.3, -0.25) is 9.59 Å². The van der Waals surface area contributed by atoms with Gasteiger partial charge in [-0.2, -0.15) is 0 Å². The lowest BCUT2D eigenvalue weighted by molar-refractivity contribution is -0.147. The first kappa shape index (κ1) is 17.9. The zero-order valence-corrected chi connectivity index (χ0v) is 12.4. The van der Waals surface area contributed by atoms with Crippen LogP contribution in [0.5, 0.6) is 0 Å². The number of aliphatic hydroxyl groups is 1. The molecule has 0 bridgehead atoms. The van der Waals surface area contributed by atoms with Gasteiger partial charge in [-0.25, -0.2) is 0 Å². The van der Waals surface area contributed by atoms with Gasteiger partial charge in [0.05, 0.1) is 6.10 Å². The third-order valence-electron chi connectivity index (χ3n) is 2.94. The summed E-state index contributed by atoms with van der Waals surface area (Å²) in [5, 5.41) is 12.8. The Bertz CT molecular complexity index is 268. The van der Waals surface area contributed by atoms with Crippen LogP contribution in [0.3, 0.4) is 0 Å². The van der Waals surface area contributed by atoms with Crippen LogP contribution in [-0.4, -0.2) is 35.7 Å². The summed E-state index contributed by atoms with van der Waals surface area (Å²) in [5.74, 6) is 0.115. The van der Waals surface area contributed by atoms with Gasteiger partial charge in [-0.1, -0.05) is 20.8 Å². The average molecular weight is 273 g/mol. The van der Waals surface area contributed by atoms with Crippen LogP contribution < -0.4 is 5.32 Å². The van der Waals surface area contributed by atoms with E-state index in [1.807, 2.05) is 6.92 Å². The number of ether oxygens (including phenoxy) is 1. The van der Waals surface area contributed by atoms with Gasteiger partial charge in [0.15, 0.2) is 0 Å². The zero-order chi connectivity index (χ0) is 14.8. The summed E-state index contributed by atoms with van der Waals surface area (Å²) in [7, 11) is 0. The number of hydrogen-bond acceptors (Lipinski definition) is 4. The summed E-state index contributed by atoms with van der Waals surface area (Å²) < 4.78 is 5.10. The van der Waals surface area contributed by atoms with Crippen LogP contribution in [0.1, 0.15) is 53.4 Å². The van der Waals surface area contributed by atoms with Crippen molar-refractivity contribution < 1.29 is 19.4 Å². The second-order valence-electron chi connectivity index (χ2n) is 5.38. The van der Waals surface area contributed by atoms with Gasteiger partial charge in [0.1, 0.15) is 6.10 Å². The monoisotopic (exact) mass is 273 g/mol. The highest BCUT2D eigenvalue weighted by molar-refractivity contribution is 5.66. The first-order valence-electron chi connectivity index (χ1n) is 6.93. The van der Waals surface area contributed by atoms with Crippen LogP contribution >= 0.6 is 0 Å². The Morgan fingerprint density at radius 1 is 1.32 bits per heavy atom. The lowest BCUT2D eigenvalue weighted by Gasteiger charge is -2.24. The third-order valence-corrected chi connectivity index (χ3v) is 2.94. The van der Waals surface area contributed by atoms with E-state index in [2.05, 4.69) is 19.2 Å². The van der Waals surface area contributed by atoms with Crippen molar-refractivity contribution in [3.05, 3.63) is 0 Å². The minimum absolute atomic E-state index is 0.0395. The van der Waals surface area contributed by atoms with E-state index in [9.17, 15) is 14.7 Å². The van der Waals surface area contributed by atoms with Crippen molar-refractivity contribution in [2.24, 2.45) is 5.92 Å². The highest BCUT2D eigenvalue weighted by Crippen LogP contribution is 2.15. The summed E-state index contributed by atoms with van der Waals surface area (Å²) in [6, 6.07) is -0.0395. The van der Waals surface area contributed by atoms with Crippen molar-refractivity contribution in [2.75, 3.05) is 0 Å². The maximum Gasteiger partial charge on any atom is 0.302 e. The number of rotatable bonds is 10. The summed E-state index contributed by atoms with van der Waals surface area (Å²) >= 11 is 0. The number of carbonyl (C=O) groups excluding carboxylic acids is 2. The summed E-state index contributed by atoms with van der Waals surface area (Å²) in [5.41, 5.74) is 0. The van der Waals surface area contributed by atoms with Crippen molar-refractivity contribution in [3.8, 4) is 0 Å². The molecule has 0 saturated heterocycles. The maximum absolute atomic E-state index is 10.9. The minimum Gasteiger partial charge on any atom is -0.462 e. The molecule has 0 aromatic carbocycles. The molecule has 0 radical (unpaired) electrons. The predicted molar refractivity (Wildman–Crippen MR) is 73.5 cm³/mol. The molecule has 0 aliphatic heterocycles. The Kier molecular flexibility index (Phi) is 9.21. The number of aliphatic hydroxyl groups excluding tert-OH is 1. The molecule has 0 heterocycles. The molecule has 0 aromatic heterocycles. The zero-order valence-electron chi connectivity index (χ0n) is 12.4. The molecular weight excluding hydrogens is 246 g/mol. The van der Waals surface area contributed by atoms with Gasteiger partial charge in [0, 0.05) is 19.4 Å². The fourth-order valence-electron chi connectivity index (χ4n) is 2.16. The molecule has 0 aliphatic carbocycles. The smallest absolute Gasteiger partial charge is 0.302 e. The first-order chi connectivity index (χ1) is 8.88. The molecule has 5 heteroatoms. The van der Waals surface area contributed by atoms with Crippen LogP contribution in [0.25, 0.3) is 0 Å². The molecule has 0 saturated carbocycles. The molecule has 0 rings (SSSR count). The topological polar surface area (TPSA) is 75.6 Å². The van der Waals surface area contributed by atoms with Gasteiger partial charge in [-0.05, 0) is 25.2 Å². The van der Waals surface area contributed by atoms with Crippen LogP contribution in [0.15, 0.2) is 0 Å². The molecule has 0 fully saturated rings. The number of amides is 1. The van der Waals surface area contributed by atoms with E-state index in [1.165, 1.54) is 6.92 Å². The van der Waals surface area contributed by atoms with E-state index in [1.54, 1.807) is 0 Å². The Morgan fingerprint density at radius 2 is 1.95 bits per heavy atom. The number of nitrogens with one attached hydrogen (secondary N) is 1. The Labute approximate surface area is 115 Å². The van der Waals surface area contributed by atoms with E-state index in [4.69, 9.17) is 4.74 Å². The summed E-state index contributed by atoms with van der Waals surface area (Å²) in [6.45, 7) is 7.42. The summed E-state index contributed by atoms with van der Waals surface area (Å²) in [4.78, 5) is 21.4. The molecule has 2 N–H and O–H groups in total. The van der Waals surface area contributed by atoms with Crippen molar-refractivity contribution in [2.45, 2.75) is 71.6 Å². The highest BCUT2D eigenvalue weighted by atomic mass is 16.5. The molecular formula is C14H27NO4. The standard InChI is InChI=1S/C14H27NO4/c1-5-14(19-11(4)17)8-13(18)7-12(15-9-16)6-10(2)3/h9-10,12-14,18H,5-8H2,1-4H3,(H,15,16). The SMILES string of the molecule is CCC(CC(O)CC(CC(C)C)NC=O)OC(C)=O. The fourth-order valence-corrected chi connectivity index (χ4v) is 2.16. The largest absolute Gasteiger partial charge is 0.462 e. The van der Waals surface area contributed by atoms with E-state index < -0.39 is 6.10 Å². The van der Waals surface area contributed by atoms with E-state index in [-0.39, 0.29) is 18.1 Å². The second kappa shape index (κ2) is 9.78. The van der Waals surface area contributed by atoms with Crippen molar-refractivity contribution in [1.82, 2.24) is 5.32 Å². The number of carbonyl (C=O) groups is 2. The van der Waals surface area contributed by atoms with Gasteiger partial charge in [0.25, 0.3) is 0 Å². The van der Waals surface area contributed by atoms with Crippen molar-refractivity contribution in [3.63, 3.8) is 0 Å². The highest BCUT2D eigenvalue weighted by Gasteiger charge is 2.20. The third kappa shape index (κ3) is 9.47. The first-order valence-corrected chi connectivity index (χ1v) is 6.93. The molecule has 1 amide bonds. The fraction of sp³-hybridized carbons (Fsp3) is 0.857. The van der Waals surface area contributed by atoms with Gasteiger partial charge in [0.2, 0.25) is 6.41 Å². The number of hydrogen-bond donors (Lipinski definition) is 2. The summed E-state index contributed by atoms with van der Waals surface area (Å²) in [6.07, 6.45) is 2.21. The van der Waals surface area contributed by atoms with E-state index in [0.717, 1.165) is 6.42 Å². The second-order valence-corrected chi connectivity index (χ2v) is 5.38. The Morgan fingerprint density at radius 3 is 2.37 bits per heavy atom. The van der Waals surface area contributed by atoms with E-state index >= 15 is 0 Å². The van der Waals surface area contributed by atoms with Gasteiger partial charge < -0.3 is 15.2 Å². The minimum atomic E-state index is -0.583. The maximum atomic E-state index is 10.9. The van der Waals surface area contributed by atoms with Crippen LogP contribution in [0.4, 0.5) is 0 Å². The van der Waals surface area contributed by atoms with Gasteiger partial charge >= 0.3 is 5.97 Å². The Balaban J connectivity index is 4.25. The van der Waals surface area contributed by atoms with Crippen molar-refractivity contribution in [1.29, 1.82) is 0 Å². The lowest BCUT2D eigenvalue weighted by Crippen LogP contribution is -2.34. The average Bonchev–Trinajstić information content (AvgIpc) is 2.26. The molecule has 0 aromatic rings. The molecule has 0 aliphatic rings. The van der Waals surface area contributed by atoms with Crippen LogP contribution in [-0.2, 0) is 14.3 Å². The van der Waals surface area contributed by atoms with Crippen LogP contribution in [0.2, 0.25) is 0 Å². The molecule has 3 unspecified atom stereocenters. The molecule has 5 nitrogen and oxygen atoms in total. The van der Waals surface area contributed by atoms with E-state index in [0.29, 0.717) is 31.6 Å². The van der Waals surface area contributed by atoms with Crippen LogP contribution in [0, 0.1) is 5.92 Å². The lowest BCUT2D eigenvalue weighted by atomic mass is 9.96. The van der Waals surface area contributed by atoms with Gasteiger partial charge in [-0.15, -0.1) is 0 Å². The molecule has 19 heavy (non-hydrogen) atoms. The molecule has 3 atom stereocenters. The quantitative estimate of drug-likeness (QED) is 0.468. The Hall–Kier alpha value is -1.10. The normalized spacial score (nSPS) is 15.7. The van der Waals surface area contributed by atoms with Crippen molar-refractivity contribution >= 4 is 12.4 Å². The number of esters is 1. The molecule has 0 spiro atoms. The molecule has 112 valence electrons.